The number of rotatable bonds is 3. The van der Waals surface area contributed by atoms with E-state index < -0.39 is 0 Å². The highest BCUT2D eigenvalue weighted by molar-refractivity contribution is 5.85. The molecule has 2 heteroatoms. The summed E-state index contributed by atoms with van der Waals surface area (Å²) in [5, 5.41) is 2.49. The standard InChI is InChI=1S/C14H18N2/c1-14(2,7-8-15)13-5-3-4-11-10-16-9-6-12(11)13/h3-6,9-10H,7-8,15H2,1-2H3. The molecular weight excluding hydrogens is 196 g/mol. The minimum absolute atomic E-state index is 0.121. The lowest BCUT2D eigenvalue weighted by molar-refractivity contribution is 0.492. The Morgan fingerprint density at radius 2 is 2.06 bits per heavy atom. The number of nitrogens with zero attached hydrogens (tertiary/aromatic N) is 1. The van der Waals surface area contributed by atoms with Gasteiger partial charge in [0.2, 0.25) is 0 Å². The van der Waals surface area contributed by atoms with Crippen molar-refractivity contribution in [1.82, 2.24) is 4.98 Å². The Morgan fingerprint density at radius 1 is 1.25 bits per heavy atom. The van der Waals surface area contributed by atoms with Gasteiger partial charge < -0.3 is 5.73 Å². The number of aromatic nitrogens is 1. The first-order chi connectivity index (χ1) is 7.65. The lowest BCUT2D eigenvalue weighted by atomic mass is 9.79. The fourth-order valence-corrected chi connectivity index (χ4v) is 2.21. The van der Waals surface area contributed by atoms with Crippen molar-refractivity contribution >= 4 is 10.8 Å². The van der Waals surface area contributed by atoms with Gasteiger partial charge in [0.1, 0.15) is 0 Å². The van der Waals surface area contributed by atoms with Gasteiger partial charge in [0.05, 0.1) is 0 Å². The molecule has 0 saturated heterocycles. The Balaban J connectivity index is 2.60. The van der Waals surface area contributed by atoms with E-state index in [4.69, 9.17) is 5.73 Å². The lowest BCUT2D eigenvalue weighted by Crippen LogP contribution is -2.21. The minimum Gasteiger partial charge on any atom is -0.330 e. The second-order valence-electron chi connectivity index (χ2n) is 4.82. The number of nitrogens with two attached hydrogens (primary N) is 1. The maximum atomic E-state index is 5.68. The van der Waals surface area contributed by atoms with Crippen molar-refractivity contribution in [2.24, 2.45) is 5.73 Å². The predicted octanol–water partition coefficient (Wildman–Crippen LogP) is 2.86. The summed E-state index contributed by atoms with van der Waals surface area (Å²) < 4.78 is 0. The molecule has 0 aliphatic rings. The van der Waals surface area contributed by atoms with E-state index in [0.717, 1.165) is 6.42 Å². The zero-order valence-electron chi connectivity index (χ0n) is 9.90. The van der Waals surface area contributed by atoms with Crippen LogP contribution in [0.4, 0.5) is 0 Å². The van der Waals surface area contributed by atoms with E-state index in [1.807, 2.05) is 12.4 Å². The smallest absolute Gasteiger partial charge is 0.0346 e. The lowest BCUT2D eigenvalue weighted by Gasteiger charge is -2.26. The van der Waals surface area contributed by atoms with Crippen LogP contribution in [0.1, 0.15) is 25.8 Å². The first-order valence-corrected chi connectivity index (χ1v) is 5.68. The molecule has 0 amide bonds. The van der Waals surface area contributed by atoms with Crippen molar-refractivity contribution in [3.8, 4) is 0 Å². The summed E-state index contributed by atoms with van der Waals surface area (Å²) in [4.78, 5) is 4.16. The Bertz CT molecular complexity index is 484. The van der Waals surface area contributed by atoms with Gasteiger partial charge in [-0.3, -0.25) is 4.98 Å². The maximum Gasteiger partial charge on any atom is 0.0346 e. The average Bonchev–Trinajstić information content (AvgIpc) is 2.28. The molecule has 0 saturated carbocycles. The van der Waals surface area contributed by atoms with Crippen LogP contribution in [0.15, 0.2) is 36.7 Å². The Morgan fingerprint density at radius 3 is 2.81 bits per heavy atom. The third kappa shape index (κ3) is 1.93. The largest absolute Gasteiger partial charge is 0.330 e. The highest BCUT2D eigenvalue weighted by Gasteiger charge is 2.21. The fraction of sp³-hybridized carbons (Fsp3) is 0.357. The van der Waals surface area contributed by atoms with E-state index in [1.165, 1.54) is 16.3 Å². The normalized spacial score (nSPS) is 11.9. The summed E-state index contributed by atoms with van der Waals surface area (Å²) in [5.41, 5.74) is 7.16. The summed E-state index contributed by atoms with van der Waals surface area (Å²) in [7, 11) is 0. The molecule has 0 atom stereocenters. The molecule has 0 fully saturated rings. The summed E-state index contributed by atoms with van der Waals surface area (Å²) in [5.74, 6) is 0. The van der Waals surface area contributed by atoms with Crippen molar-refractivity contribution in [1.29, 1.82) is 0 Å². The molecule has 0 radical (unpaired) electrons. The number of hydrogen-bond donors (Lipinski definition) is 1. The third-order valence-corrected chi connectivity index (χ3v) is 3.18. The average molecular weight is 214 g/mol. The highest BCUT2D eigenvalue weighted by atomic mass is 14.6. The molecule has 1 heterocycles. The molecule has 0 spiro atoms. The first kappa shape index (κ1) is 11.1. The molecule has 0 bridgehead atoms. The molecule has 2 N–H and O–H groups in total. The Labute approximate surface area is 96.5 Å². The van der Waals surface area contributed by atoms with Crippen molar-refractivity contribution in [3.05, 3.63) is 42.2 Å². The van der Waals surface area contributed by atoms with E-state index in [-0.39, 0.29) is 5.41 Å². The second kappa shape index (κ2) is 4.22. The monoisotopic (exact) mass is 214 g/mol. The zero-order chi connectivity index (χ0) is 11.6. The van der Waals surface area contributed by atoms with E-state index in [0.29, 0.717) is 6.54 Å². The number of fused-ring (bicyclic) bond motifs is 1. The van der Waals surface area contributed by atoms with Crippen LogP contribution in [0.5, 0.6) is 0 Å². The van der Waals surface area contributed by atoms with Gasteiger partial charge >= 0.3 is 0 Å². The third-order valence-electron chi connectivity index (χ3n) is 3.18. The van der Waals surface area contributed by atoms with Gasteiger partial charge in [0, 0.05) is 17.8 Å². The molecule has 0 aliphatic heterocycles. The number of pyridine rings is 1. The topological polar surface area (TPSA) is 38.9 Å². The maximum absolute atomic E-state index is 5.68. The van der Waals surface area contributed by atoms with E-state index in [1.54, 1.807) is 0 Å². The van der Waals surface area contributed by atoms with Crippen LogP contribution in [0.3, 0.4) is 0 Å². The summed E-state index contributed by atoms with van der Waals surface area (Å²) in [6.07, 6.45) is 4.76. The van der Waals surface area contributed by atoms with Crippen molar-refractivity contribution in [2.75, 3.05) is 6.54 Å². The van der Waals surface area contributed by atoms with Crippen LogP contribution >= 0.6 is 0 Å². The van der Waals surface area contributed by atoms with Crippen LogP contribution in [-0.2, 0) is 5.41 Å². The molecular formula is C14H18N2. The van der Waals surface area contributed by atoms with E-state index >= 15 is 0 Å². The first-order valence-electron chi connectivity index (χ1n) is 5.68. The minimum atomic E-state index is 0.121. The SMILES string of the molecule is CC(C)(CCN)c1cccc2cnccc12. The molecule has 84 valence electrons. The van der Waals surface area contributed by atoms with Crippen molar-refractivity contribution < 1.29 is 0 Å². The van der Waals surface area contributed by atoms with Crippen LogP contribution in [-0.4, -0.2) is 11.5 Å². The quantitative estimate of drug-likeness (QED) is 0.853. The van der Waals surface area contributed by atoms with Crippen molar-refractivity contribution in [2.45, 2.75) is 25.7 Å². The molecule has 1 aromatic heterocycles. The van der Waals surface area contributed by atoms with Crippen LogP contribution < -0.4 is 5.73 Å². The molecule has 2 aromatic rings. The Kier molecular flexibility index (Phi) is 2.92. The molecule has 2 rings (SSSR count). The molecule has 1 aromatic carbocycles. The van der Waals surface area contributed by atoms with Gasteiger partial charge in [-0.2, -0.15) is 0 Å². The fourth-order valence-electron chi connectivity index (χ4n) is 2.21. The zero-order valence-corrected chi connectivity index (χ0v) is 9.90. The second-order valence-corrected chi connectivity index (χ2v) is 4.82. The van der Waals surface area contributed by atoms with Crippen LogP contribution in [0.2, 0.25) is 0 Å². The summed E-state index contributed by atoms with van der Waals surface area (Å²) in [6.45, 7) is 5.21. The highest BCUT2D eigenvalue weighted by Crippen LogP contribution is 2.32. The predicted molar refractivity (Wildman–Crippen MR) is 68.4 cm³/mol. The van der Waals surface area contributed by atoms with Gasteiger partial charge in [-0.25, -0.2) is 0 Å². The van der Waals surface area contributed by atoms with Gasteiger partial charge in [-0.1, -0.05) is 32.0 Å². The van der Waals surface area contributed by atoms with E-state index in [2.05, 4.69) is 43.1 Å². The van der Waals surface area contributed by atoms with E-state index in [9.17, 15) is 0 Å². The van der Waals surface area contributed by atoms with Gasteiger partial charge in [0.25, 0.3) is 0 Å². The summed E-state index contributed by atoms with van der Waals surface area (Å²) in [6, 6.07) is 8.48. The van der Waals surface area contributed by atoms with Gasteiger partial charge in [0.15, 0.2) is 0 Å². The molecule has 2 nitrogen and oxygen atoms in total. The summed E-state index contributed by atoms with van der Waals surface area (Å²) >= 11 is 0. The van der Waals surface area contributed by atoms with Gasteiger partial charge in [-0.15, -0.1) is 0 Å². The van der Waals surface area contributed by atoms with Crippen LogP contribution in [0.25, 0.3) is 10.8 Å². The number of benzene rings is 1. The Hall–Kier alpha value is -1.41. The molecule has 0 aliphatic carbocycles. The van der Waals surface area contributed by atoms with Crippen LogP contribution in [0, 0.1) is 0 Å². The molecule has 16 heavy (non-hydrogen) atoms. The molecule has 0 unspecified atom stereocenters. The van der Waals surface area contributed by atoms with Gasteiger partial charge in [-0.05, 0) is 35.4 Å². The van der Waals surface area contributed by atoms with Crippen molar-refractivity contribution in [3.63, 3.8) is 0 Å². The number of hydrogen-bond acceptors (Lipinski definition) is 2.